The Labute approximate surface area is 70.3 Å². The molecule has 0 aromatic carbocycles. The third kappa shape index (κ3) is 4.60. The molecule has 62 valence electrons. The molecule has 0 fully saturated rings. The first-order valence-corrected chi connectivity index (χ1v) is 4.23. The maximum Gasteiger partial charge on any atom is -0.0346 e. The average Bonchev–Trinajstić information content (AvgIpc) is 2.01. The standard InChI is InChI=1S/C11H18/c1-5-8-10(4)9-11(6-2)7-3/h5,8-9H,1,6-7H2,2-4H3/b10-8-. The molecule has 0 aromatic heterocycles. The molecule has 0 N–H and O–H groups in total. The van der Waals surface area contributed by atoms with Gasteiger partial charge in [-0.25, -0.2) is 0 Å². The lowest BCUT2D eigenvalue weighted by Crippen LogP contribution is -1.78. The van der Waals surface area contributed by atoms with Gasteiger partial charge in [0.1, 0.15) is 0 Å². The first-order chi connectivity index (χ1) is 5.24. The van der Waals surface area contributed by atoms with Gasteiger partial charge in [-0.15, -0.1) is 0 Å². The van der Waals surface area contributed by atoms with Gasteiger partial charge in [-0.1, -0.05) is 49.8 Å². The Morgan fingerprint density at radius 2 is 1.82 bits per heavy atom. The molecule has 0 aliphatic rings. The molecule has 0 heteroatoms. The molecular weight excluding hydrogens is 132 g/mol. The third-order valence-electron chi connectivity index (χ3n) is 1.72. The van der Waals surface area contributed by atoms with Crippen molar-refractivity contribution >= 4 is 0 Å². The summed E-state index contributed by atoms with van der Waals surface area (Å²) in [5.41, 5.74) is 2.79. The van der Waals surface area contributed by atoms with Crippen molar-refractivity contribution in [1.29, 1.82) is 0 Å². The Bertz CT molecular complexity index is 164. The smallest absolute Gasteiger partial charge is 0.0346 e. The Hall–Kier alpha value is -0.780. The molecule has 0 spiro atoms. The Kier molecular flexibility index (Phi) is 5.54. The van der Waals surface area contributed by atoms with E-state index in [1.807, 2.05) is 12.2 Å². The van der Waals surface area contributed by atoms with E-state index in [1.54, 1.807) is 0 Å². The first-order valence-electron chi connectivity index (χ1n) is 4.23. The number of hydrogen-bond donors (Lipinski definition) is 0. The molecule has 0 unspecified atom stereocenters. The average molecular weight is 150 g/mol. The molecule has 0 heterocycles. The minimum Gasteiger partial charge on any atom is -0.0991 e. The first kappa shape index (κ1) is 10.2. The number of hydrogen-bond acceptors (Lipinski definition) is 0. The molecule has 11 heavy (non-hydrogen) atoms. The molecule has 0 saturated heterocycles. The van der Waals surface area contributed by atoms with Gasteiger partial charge in [-0.05, 0) is 19.8 Å². The molecule has 0 amide bonds. The number of rotatable bonds is 4. The van der Waals surface area contributed by atoms with Gasteiger partial charge in [0, 0.05) is 0 Å². The van der Waals surface area contributed by atoms with Crippen LogP contribution < -0.4 is 0 Å². The Morgan fingerprint density at radius 1 is 1.27 bits per heavy atom. The zero-order valence-corrected chi connectivity index (χ0v) is 7.85. The molecule has 0 bridgehead atoms. The summed E-state index contributed by atoms with van der Waals surface area (Å²) < 4.78 is 0. The van der Waals surface area contributed by atoms with Crippen LogP contribution >= 0.6 is 0 Å². The lowest BCUT2D eigenvalue weighted by atomic mass is 10.1. The van der Waals surface area contributed by atoms with Gasteiger partial charge in [-0.2, -0.15) is 0 Å². The predicted molar refractivity (Wildman–Crippen MR) is 52.6 cm³/mol. The molecule has 0 aliphatic carbocycles. The van der Waals surface area contributed by atoms with E-state index in [0.29, 0.717) is 0 Å². The van der Waals surface area contributed by atoms with Crippen LogP contribution in [0.5, 0.6) is 0 Å². The van der Waals surface area contributed by atoms with Gasteiger partial charge in [0.25, 0.3) is 0 Å². The lowest BCUT2D eigenvalue weighted by Gasteiger charge is -1.98. The van der Waals surface area contributed by atoms with Crippen molar-refractivity contribution < 1.29 is 0 Å². The normalized spacial score (nSPS) is 11.0. The molecule has 0 aromatic rings. The summed E-state index contributed by atoms with van der Waals surface area (Å²) in [4.78, 5) is 0. The zero-order valence-electron chi connectivity index (χ0n) is 7.85. The summed E-state index contributed by atoms with van der Waals surface area (Å²) in [6.07, 6.45) is 8.40. The van der Waals surface area contributed by atoms with E-state index in [2.05, 4.69) is 33.4 Å². The number of allylic oxidation sites excluding steroid dienone is 5. The monoisotopic (exact) mass is 150 g/mol. The van der Waals surface area contributed by atoms with Crippen LogP contribution in [-0.2, 0) is 0 Å². The fraction of sp³-hybridized carbons (Fsp3) is 0.455. The Morgan fingerprint density at radius 3 is 2.18 bits per heavy atom. The molecular formula is C11H18. The van der Waals surface area contributed by atoms with Crippen molar-refractivity contribution in [2.75, 3.05) is 0 Å². The van der Waals surface area contributed by atoms with Crippen LogP contribution in [0.2, 0.25) is 0 Å². The van der Waals surface area contributed by atoms with E-state index in [1.165, 1.54) is 11.1 Å². The van der Waals surface area contributed by atoms with Crippen molar-refractivity contribution in [3.63, 3.8) is 0 Å². The van der Waals surface area contributed by atoms with Gasteiger partial charge in [-0.3, -0.25) is 0 Å². The van der Waals surface area contributed by atoms with Crippen molar-refractivity contribution in [2.24, 2.45) is 0 Å². The van der Waals surface area contributed by atoms with E-state index in [9.17, 15) is 0 Å². The summed E-state index contributed by atoms with van der Waals surface area (Å²) in [6.45, 7) is 10.1. The second-order valence-electron chi connectivity index (χ2n) is 2.66. The fourth-order valence-corrected chi connectivity index (χ4v) is 1.01. The molecule has 0 saturated carbocycles. The molecule has 0 radical (unpaired) electrons. The minimum atomic E-state index is 1.15. The highest BCUT2D eigenvalue weighted by Crippen LogP contribution is 2.09. The third-order valence-corrected chi connectivity index (χ3v) is 1.72. The highest BCUT2D eigenvalue weighted by molar-refractivity contribution is 5.24. The maximum atomic E-state index is 3.65. The van der Waals surface area contributed by atoms with Crippen LogP contribution in [-0.4, -0.2) is 0 Å². The molecule has 0 aliphatic heterocycles. The van der Waals surface area contributed by atoms with Crippen LogP contribution in [0.3, 0.4) is 0 Å². The second-order valence-corrected chi connectivity index (χ2v) is 2.66. The van der Waals surface area contributed by atoms with E-state index in [4.69, 9.17) is 0 Å². The maximum absolute atomic E-state index is 3.65. The molecule has 0 atom stereocenters. The van der Waals surface area contributed by atoms with E-state index in [-0.39, 0.29) is 0 Å². The van der Waals surface area contributed by atoms with Crippen molar-refractivity contribution in [2.45, 2.75) is 33.6 Å². The summed E-state index contributed by atoms with van der Waals surface area (Å²) in [6, 6.07) is 0. The second kappa shape index (κ2) is 5.96. The van der Waals surface area contributed by atoms with Crippen molar-refractivity contribution in [3.8, 4) is 0 Å². The van der Waals surface area contributed by atoms with E-state index in [0.717, 1.165) is 12.8 Å². The lowest BCUT2D eigenvalue weighted by molar-refractivity contribution is 0.974. The van der Waals surface area contributed by atoms with Crippen LogP contribution in [0, 0.1) is 0 Å². The van der Waals surface area contributed by atoms with Crippen molar-refractivity contribution in [1.82, 2.24) is 0 Å². The van der Waals surface area contributed by atoms with Crippen LogP contribution in [0.4, 0.5) is 0 Å². The summed E-state index contributed by atoms with van der Waals surface area (Å²) in [7, 11) is 0. The highest BCUT2D eigenvalue weighted by Gasteiger charge is 1.88. The van der Waals surface area contributed by atoms with Crippen LogP contribution in [0.1, 0.15) is 33.6 Å². The topological polar surface area (TPSA) is 0 Å². The molecule has 0 rings (SSSR count). The minimum absolute atomic E-state index is 1.15. The van der Waals surface area contributed by atoms with Gasteiger partial charge in [0.2, 0.25) is 0 Å². The van der Waals surface area contributed by atoms with Gasteiger partial charge in [0.05, 0.1) is 0 Å². The summed E-state index contributed by atoms with van der Waals surface area (Å²) in [5, 5.41) is 0. The largest absolute Gasteiger partial charge is 0.0991 e. The molecule has 0 nitrogen and oxygen atoms in total. The SMILES string of the molecule is C=C/C=C(/C)C=C(CC)CC. The summed E-state index contributed by atoms with van der Waals surface area (Å²) >= 11 is 0. The zero-order chi connectivity index (χ0) is 8.69. The van der Waals surface area contributed by atoms with Crippen LogP contribution in [0.25, 0.3) is 0 Å². The van der Waals surface area contributed by atoms with Gasteiger partial charge < -0.3 is 0 Å². The van der Waals surface area contributed by atoms with Gasteiger partial charge >= 0.3 is 0 Å². The highest BCUT2D eigenvalue weighted by atomic mass is 13.9. The van der Waals surface area contributed by atoms with E-state index < -0.39 is 0 Å². The quantitative estimate of drug-likeness (QED) is 0.534. The fourth-order valence-electron chi connectivity index (χ4n) is 1.01. The van der Waals surface area contributed by atoms with E-state index >= 15 is 0 Å². The Balaban J connectivity index is 4.25. The van der Waals surface area contributed by atoms with Crippen molar-refractivity contribution in [3.05, 3.63) is 36.0 Å². The van der Waals surface area contributed by atoms with Crippen LogP contribution in [0.15, 0.2) is 36.0 Å². The van der Waals surface area contributed by atoms with Gasteiger partial charge in [0.15, 0.2) is 0 Å². The predicted octanol–water partition coefficient (Wildman–Crippen LogP) is 3.87. The summed E-state index contributed by atoms with van der Waals surface area (Å²) in [5.74, 6) is 0.